The topological polar surface area (TPSA) is 186 Å². The third-order valence-corrected chi connectivity index (χ3v) is 5.36. The number of benzene rings is 1. The van der Waals surface area contributed by atoms with Gasteiger partial charge in [-0.2, -0.15) is 13.2 Å². The highest BCUT2D eigenvalue weighted by molar-refractivity contribution is 5.81. The van der Waals surface area contributed by atoms with E-state index in [-0.39, 0.29) is 36.3 Å². The Kier molecular flexibility index (Phi) is 9.01. The number of nitro benzene ring substituents is 1. The molecule has 0 spiro atoms. The monoisotopic (exact) mass is 542 g/mol. The molecule has 13 nitrogen and oxygen atoms in total. The summed E-state index contributed by atoms with van der Waals surface area (Å²) in [7, 11) is 0. The van der Waals surface area contributed by atoms with Crippen molar-refractivity contribution in [3.8, 4) is 11.8 Å². The predicted octanol–water partition coefficient (Wildman–Crippen LogP) is -0.168. The fraction of sp³-hybridized carbons (Fsp3) is 0.409. The first kappa shape index (κ1) is 28.5. The lowest BCUT2D eigenvalue weighted by Crippen LogP contribution is -2.36. The van der Waals surface area contributed by atoms with Crippen molar-refractivity contribution in [3.63, 3.8) is 0 Å². The number of aromatic amines is 1. The Bertz CT molecular complexity index is 1380. The summed E-state index contributed by atoms with van der Waals surface area (Å²) in [6, 6.07) is 3.74. The van der Waals surface area contributed by atoms with Crippen LogP contribution in [0, 0.1) is 22.0 Å². The lowest BCUT2D eigenvalue weighted by molar-refractivity contribution is -0.386. The van der Waals surface area contributed by atoms with Crippen molar-refractivity contribution in [2.45, 2.75) is 44.2 Å². The number of carbonyl (C=O) groups is 1. The molecule has 1 aliphatic heterocycles. The molecule has 0 aliphatic carbocycles. The summed E-state index contributed by atoms with van der Waals surface area (Å²) in [4.78, 5) is 48.0. The largest absolute Gasteiger partial charge is 0.471 e. The Balaban J connectivity index is 1.67. The van der Waals surface area contributed by atoms with Gasteiger partial charge in [-0.05, 0) is 12.1 Å². The van der Waals surface area contributed by atoms with Gasteiger partial charge in [0.05, 0.1) is 48.5 Å². The Hall–Kier alpha value is -4.04. The molecule has 3 atom stereocenters. The second-order valence-corrected chi connectivity index (χ2v) is 8.01. The van der Waals surface area contributed by atoms with Crippen LogP contribution >= 0.6 is 0 Å². The van der Waals surface area contributed by atoms with Crippen LogP contribution in [-0.2, 0) is 27.5 Å². The van der Waals surface area contributed by atoms with E-state index in [0.29, 0.717) is 0 Å². The zero-order valence-corrected chi connectivity index (χ0v) is 19.4. The Labute approximate surface area is 211 Å². The second kappa shape index (κ2) is 12.0. The smallest absolute Gasteiger partial charge is 0.394 e. The maximum atomic E-state index is 12.2. The van der Waals surface area contributed by atoms with Crippen molar-refractivity contribution < 1.29 is 42.6 Å². The number of alkyl halides is 3. The first-order valence-electron chi connectivity index (χ1n) is 10.9. The molecule has 1 aliphatic rings. The van der Waals surface area contributed by atoms with Gasteiger partial charge in [-0.3, -0.25) is 29.3 Å². The zero-order valence-electron chi connectivity index (χ0n) is 19.4. The second-order valence-electron chi connectivity index (χ2n) is 8.01. The van der Waals surface area contributed by atoms with Gasteiger partial charge in [0.1, 0.15) is 12.3 Å². The molecule has 0 radical (unpaired) electrons. The molecule has 0 bridgehead atoms. The van der Waals surface area contributed by atoms with Crippen molar-refractivity contribution in [3.05, 3.63) is 72.0 Å². The van der Waals surface area contributed by atoms with Gasteiger partial charge in [0.25, 0.3) is 11.2 Å². The Morgan fingerprint density at radius 3 is 2.66 bits per heavy atom. The number of H-pyrrole nitrogens is 1. The Morgan fingerprint density at radius 1 is 1.32 bits per heavy atom. The van der Waals surface area contributed by atoms with Gasteiger partial charge in [0.15, 0.2) is 0 Å². The molecule has 1 unspecified atom stereocenters. The van der Waals surface area contributed by atoms with Crippen LogP contribution in [0.15, 0.2) is 34.0 Å². The summed E-state index contributed by atoms with van der Waals surface area (Å²) in [6.07, 6.45) is -6.75. The Morgan fingerprint density at radius 2 is 2.03 bits per heavy atom. The number of carbonyl (C=O) groups excluding carboxylic acids is 1. The van der Waals surface area contributed by atoms with Gasteiger partial charge >= 0.3 is 17.8 Å². The van der Waals surface area contributed by atoms with E-state index in [2.05, 4.69) is 16.8 Å². The van der Waals surface area contributed by atoms with Gasteiger partial charge in [0, 0.05) is 24.2 Å². The maximum Gasteiger partial charge on any atom is 0.471 e. The number of aromatic nitrogens is 2. The van der Waals surface area contributed by atoms with Crippen LogP contribution in [0.3, 0.4) is 0 Å². The minimum Gasteiger partial charge on any atom is -0.394 e. The van der Waals surface area contributed by atoms with E-state index < -0.39 is 65.5 Å². The summed E-state index contributed by atoms with van der Waals surface area (Å²) in [5.74, 6) is 2.51. The van der Waals surface area contributed by atoms with E-state index in [1.54, 1.807) is 5.32 Å². The molecule has 2 heterocycles. The van der Waals surface area contributed by atoms with Crippen LogP contribution in [0.5, 0.6) is 0 Å². The summed E-state index contributed by atoms with van der Waals surface area (Å²) < 4.78 is 48.4. The fourth-order valence-corrected chi connectivity index (χ4v) is 3.47. The van der Waals surface area contributed by atoms with E-state index in [1.165, 1.54) is 18.3 Å². The molecule has 0 saturated carbocycles. The standard InChI is InChI=1S/C22H21F3N4O9/c23-22(24,25)20(33)26-5-1-2-12-3-4-13(15(6-12)29(35)36)10-37-11-14-8-28(21(34)27-19(14)32)18-7-16(31)17(9-30)38-18/h3-4,6,8,16-18,30-31H,5,7,9-11H2,(H,26,33)(H,27,32,34)/t16?,17-,18-/m0/s1. The van der Waals surface area contributed by atoms with E-state index in [9.17, 15) is 47.9 Å². The van der Waals surface area contributed by atoms with Gasteiger partial charge in [0.2, 0.25) is 0 Å². The molecule has 16 heteroatoms. The highest BCUT2D eigenvalue weighted by Crippen LogP contribution is 2.27. The first-order valence-corrected chi connectivity index (χ1v) is 10.9. The molecule has 1 saturated heterocycles. The molecule has 1 fully saturated rings. The van der Waals surface area contributed by atoms with E-state index in [1.807, 2.05) is 0 Å². The number of ether oxygens (including phenoxy) is 2. The number of halogens is 3. The number of nitrogens with zero attached hydrogens (tertiary/aromatic N) is 2. The van der Waals surface area contributed by atoms with Crippen LogP contribution in [-0.4, -0.2) is 62.1 Å². The predicted molar refractivity (Wildman–Crippen MR) is 120 cm³/mol. The summed E-state index contributed by atoms with van der Waals surface area (Å²) in [6.45, 7) is -1.77. The molecule has 2 aromatic rings. The third kappa shape index (κ3) is 7.04. The lowest BCUT2D eigenvalue weighted by Gasteiger charge is -2.15. The summed E-state index contributed by atoms with van der Waals surface area (Å²) in [5.41, 5.74) is -1.78. The number of nitro groups is 1. The molecule has 204 valence electrons. The number of aliphatic hydroxyl groups excluding tert-OH is 2. The van der Waals surface area contributed by atoms with Crippen molar-refractivity contribution in [2.24, 2.45) is 0 Å². The molecule has 1 aromatic heterocycles. The van der Waals surface area contributed by atoms with Gasteiger partial charge in [-0.1, -0.05) is 11.8 Å². The third-order valence-electron chi connectivity index (χ3n) is 5.36. The number of rotatable bonds is 8. The first-order chi connectivity index (χ1) is 17.9. The van der Waals surface area contributed by atoms with Crippen molar-refractivity contribution in [1.29, 1.82) is 0 Å². The number of nitrogens with one attached hydrogen (secondary N) is 2. The summed E-state index contributed by atoms with van der Waals surface area (Å²) >= 11 is 0. The zero-order chi connectivity index (χ0) is 28.0. The van der Waals surface area contributed by atoms with E-state index in [4.69, 9.17) is 9.47 Å². The number of hydrogen-bond donors (Lipinski definition) is 4. The van der Waals surface area contributed by atoms with E-state index in [0.717, 1.165) is 10.6 Å². The number of amides is 1. The lowest BCUT2D eigenvalue weighted by atomic mass is 10.1. The molecular weight excluding hydrogens is 521 g/mol. The van der Waals surface area contributed by atoms with Gasteiger partial charge in [-0.15, -0.1) is 0 Å². The highest BCUT2D eigenvalue weighted by atomic mass is 19.4. The molecule has 1 amide bonds. The quantitative estimate of drug-likeness (QED) is 0.200. The number of hydrogen-bond acceptors (Lipinski definition) is 9. The minimum absolute atomic E-state index is 0.00634. The van der Waals surface area contributed by atoms with Gasteiger partial charge in [-0.25, -0.2) is 4.79 Å². The average Bonchev–Trinajstić information content (AvgIpc) is 3.23. The van der Waals surface area contributed by atoms with Crippen LogP contribution in [0.2, 0.25) is 0 Å². The van der Waals surface area contributed by atoms with Crippen molar-refractivity contribution in [1.82, 2.24) is 14.9 Å². The maximum absolute atomic E-state index is 12.2. The van der Waals surface area contributed by atoms with Crippen LogP contribution in [0.25, 0.3) is 0 Å². The normalized spacial score (nSPS) is 19.0. The molecule has 3 rings (SSSR count). The van der Waals surface area contributed by atoms with Crippen LogP contribution < -0.4 is 16.6 Å². The van der Waals surface area contributed by atoms with Gasteiger partial charge < -0.3 is 25.0 Å². The van der Waals surface area contributed by atoms with Crippen LogP contribution in [0.4, 0.5) is 18.9 Å². The molecule has 4 N–H and O–H groups in total. The number of aliphatic hydroxyl groups is 2. The minimum atomic E-state index is -5.06. The summed E-state index contributed by atoms with van der Waals surface area (Å²) in [5, 5.41) is 32.1. The highest BCUT2D eigenvalue weighted by Gasteiger charge is 2.38. The SMILES string of the molecule is O=C(NCC#Cc1ccc(COCc2cn([C@@H]3CC(O)[C@H](CO)O3)c(=O)[nH]c2=O)c([N+](=O)[O-])c1)C(F)(F)F. The van der Waals surface area contributed by atoms with Crippen molar-refractivity contribution >= 4 is 11.6 Å². The molecule has 38 heavy (non-hydrogen) atoms. The molecule has 1 aromatic carbocycles. The fourth-order valence-electron chi connectivity index (χ4n) is 3.47. The van der Waals surface area contributed by atoms with Crippen molar-refractivity contribution in [2.75, 3.05) is 13.2 Å². The van der Waals surface area contributed by atoms with Crippen LogP contribution in [0.1, 0.15) is 29.3 Å². The van der Waals surface area contributed by atoms with E-state index >= 15 is 0 Å². The molecular formula is C22H21F3N4O9. The average molecular weight is 542 g/mol.